The number of carbonyl (C=O) groups excluding carboxylic acids is 1. The molecule has 4 aromatic rings. The summed E-state index contributed by atoms with van der Waals surface area (Å²) in [7, 11) is 0. The number of nitrogens with zero attached hydrogens (tertiary/aromatic N) is 6. The van der Waals surface area contributed by atoms with Crippen molar-refractivity contribution in [1.29, 1.82) is 0 Å². The first-order chi connectivity index (χ1) is 16.6. The highest BCUT2D eigenvalue weighted by Gasteiger charge is 2.24. The van der Waals surface area contributed by atoms with Gasteiger partial charge in [0, 0.05) is 31.0 Å². The van der Waals surface area contributed by atoms with E-state index in [2.05, 4.69) is 54.1 Å². The number of aromatic nitrogens is 5. The summed E-state index contributed by atoms with van der Waals surface area (Å²) in [5.74, 6) is 0.763. The normalized spacial score (nSPS) is 14.2. The lowest BCUT2D eigenvalue weighted by atomic mass is 10.2. The molecule has 4 aromatic heterocycles. The van der Waals surface area contributed by atoms with Gasteiger partial charge in [-0.2, -0.15) is 5.10 Å². The molecule has 0 aromatic carbocycles. The Balaban J connectivity index is 1.51. The van der Waals surface area contributed by atoms with Crippen molar-refractivity contribution in [2.75, 3.05) is 29.5 Å². The number of anilines is 2. The highest BCUT2D eigenvalue weighted by Crippen LogP contribution is 2.34. The van der Waals surface area contributed by atoms with Gasteiger partial charge in [0.2, 0.25) is 0 Å². The zero-order chi connectivity index (χ0) is 23.7. The van der Waals surface area contributed by atoms with E-state index in [1.165, 1.54) is 24.2 Å². The van der Waals surface area contributed by atoms with Crippen molar-refractivity contribution in [3.05, 3.63) is 47.0 Å². The van der Waals surface area contributed by atoms with Gasteiger partial charge in [0.15, 0.2) is 11.5 Å². The SMILES string of the molecule is CCN(CI)C(=O)c1sc(Nc2nc(C)cn3c(-c4cn[nH]c4)cnc23)cc1CN1CCCC1. The van der Waals surface area contributed by atoms with E-state index in [1.807, 2.05) is 41.7 Å². The number of carbonyl (C=O) groups is 1. The number of H-pyrrole nitrogens is 1. The maximum atomic E-state index is 13.3. The fraction of sp³-hybridized carbons (Fsp3) is 0.391. The molecule has 0 unspecified atom stereocenters. The second-order valence-corrected chi connectivity index (χ2v) is 10.1. The highest BCUT2D eigenvalue weighted by molar-refractivity contribution is 14.1. The third-order valence-electron chi connectivity index (χ3n) is 6.06. The smallest absolute Gasteiger partial charge is 0.264 e. The minimum Gasteiger partial charge on any atom is -0.329 e. The van der Waals surface area contributed by atoms with Crippen molar-refractivity contribution < 1.29 is 4.79 Å². The molecular weight excluding hydrogens is 563 g/mol. The third kappa shape index (κ3) is 4.56. The number of thiophene rings is 1. The summed E-state index contributed by atoms with van der Waals surface area (Å²) in [6, 6.07) is 2.11. The van der Waals surface area contributed by atoms with Crippen LogP contribution >= 0.6 is 33.9 Å². The quantitative estimate of drug-likeness (QED) is 0.176. The summed E-state index contributed by atoms with van der Waals surface area (Å²) in [4.78, 5) is 27.8. The number of rotatable bonds is 8. The van der Waals surface area contributed by atoms with Crippen molar-refractivity contribution in [3.63, 3.8) is 0 Å². The molecule has 178 valence electrons. The standard InChI is InChI=1S/C23H27IN8OS/c1-3-31(14-24)23(33)20-16(13-30-6-4-5-7-30)8-19(34-20)29-21-22-25-11-18(17-9-26-27-10-17)32(22)12-15(2)28-21/h8-12H,3-7,13-14H2,1-2H3,(H,26,27)(H,28,29). The van der Waals surface area contributed by atoms with Crippen LogP contribution in [0.3, 0.4) is 0 Å². The molecule has 0 bridgehead atoms. The van der Waals surface area contributed by atoms with Gasteiger partial charge in [0.1, 0.15) is 0 Å². The van der Waals surface area contributed by atoms with Crippen LogP contribution in [0.25, 0.3) is 16.9 Å². The van der Waals surface area contributed by atoms with E-state index in [1.54, 1.807) is 6.20 Å². The molecule has 1 aliphatic rings. The molecule has 5 rings (SSSR count). The van der Waals surface area contributed by atoms with Crippen molar-refractivity contribution in [1.82, 2.24) is 34.4 Å². The van der Waals surface area contributed by atoms with Crippen molar-refractivity contribution in [2.24, 2.45) is 0 Å². The Morgan fingerprint density at radius 3 is 2.85 bits per heavy atom. The number of aromatic amines is 1. The van der Waals surface area contributed by atoms with E-state index in [-0.39, 0.29) is 5.91 Å². The molecule has 0 spiro atoms. The van der Waals surface area contributed by atoms with Crippen LogP contribution in [0.4, 0.5) is 10.8 Å². The Hall–Kier alpha value is -2.51. The Bertz CT molecular complexity index is 1290. The van der Waals surface area contributed by atoms with Gasteiger partial charge in [-0.05, 0) is 51.4 Å². The zero-order valence-corrected chi connectivity index (χ0v) is 22.2. The van der Waals surface area contributed by atoms with E-state index < -0.39 is 0 Å². The van der Waals surface area contributed by atoms with Crippen LogP contribution in [0.1, 0.15) is 40.7 Å². The number of aryl methyl sites for hydroxylation is 1. The molecule has 1 aliphatic heterocycles. The number of amides is 1. The molecule has 34 heavy (non-hydrogen) atoms. The molecule has 0 radical (unpaired) electrons. The van der Waals surface area contributed by atoms with Crippen molar-refractivity contribution in [2.45, 2.75) is 33.2 Å². The Kier molecular flexibility index (Phi) is 6.84. The maximum Gasteiger partial charge on any atom is 0.264 e. The molecular formula is C23H27IN8OS. The molecule has 1 amide bonds. The van der Waals surface area contributed by atoms with Gasteiger partial charge < -0.3 is 10.2 Å². The van der Waals surface area contributed by atoms with E-state index in [0.29, 0.717) is 16.9 Å². The predicted molar refractivity (Wildman–Crippen MR) is 143 cm³/mol. The average Bonchev–Trinajstić information content (AvgIpc) is 3.62. The lowest BCUT2D eigenvalue weighted by Gasteiger charge is -2.19. The predicted octanol–water partition coefficient (Wildman–Crippen LogP) is 4.68. The highest BCUT2D eigenvalue weighted by atomic mass is 127. The van der Waals surface area contributed by atoms with Crippen molar-refractivity contribution in [3.8, 4) is 11.3 Å². The monoisotopic (exact) mass is 590 g/mol. The summed E-state index contributed by atoms with van der Waals surface area (Å²) < 4.78 is 2.69. The molecule has 0 atom stereocenters. The topological polar surface area (TPSA) is 94.4 Å². The van der Waals surface area contributed by atoms with Crippen LogP contribution in [0.5, 0.6) is 0 Å². The van der Waals surface area contributed by atoms with Crippen LogP contribution in [-0.4, -0.2) is 64.5 Å². The fourth-order valence-electron chi connectivity index (χ4n) is 4.31. The summed E-state index contributed by atoms with van der Waals surface area (Å²) in [5.41, 5.74) is 4.57. The summed E-state index contributed by atoms with van der Waals surface area (Å²) in [6.07, 6.45) is 9.86. The van der Waals surface area contributed by atoms with Crippen LogP contribution in [0, 0.1) is 6.92 Å². The fourth-order valence-corrected chi connectivity index (χ4v) is 6.14. The number of hydrogen-bond acceptors (Lipinski definition) is 7. The molecule has 9 nitrogen and oxygen atoms in total. The van der Waals surface area contributed by atoms with Gasteiger partial charge in [-0.25, -0.2) is 9.97 Å². The Morgan fingerprint density at radius 1 is 1.32 bits per heavy atom. The largest absolute Gasteiger partial charge is 0.329 e. The molecule has 5 heterocycles. The van der Waals surface area contributed by atoms with Gasteiger partial charge in [0.25, 0.3) is 5.91 Å². The van der Waals surface area contributed by atoms with Gasteiger partial charge >= 0.3 is 0 Å². The van der Waals surface area contributed by atoms with E-state index >= 15 is 0 Å². The number of alkyl halides is 1. The number of fused-ring (bicyclic) bond motifs is 1. The number of likely N-dealkylation sites (tertiary alicyclic amines) is 1. The first kappa shape index (κ1) is 23.2. The first-order valence-electron chi connectivity index (χ1n) is 11.4. The van der Waals surface area contributed by atoms with E-state index in [4.69, 9.17) is 4.98 Å². The van der Waals surface area contributed by atoms with Gasteiger partial charge in [-0.15, -0.1) is 11.3 Å². The Morgan fingerprint density at radius 2 is 2.15 bits per heavy atom. The van der Waals surface area contributed by atoms with E-state index in [9.17, 15) is 4.79 Å². The molecule has 0 aliphatic carbocycles. The molecule has 1 fully saturated rings. The zero-order valence-electron chi connectivity index (χ0n) is 19.2. The van der Waals surface area contributed by atoms with Gasteiger partial charge in [-0.1, -0.05) is 22.6 Å². The minimum absolute atomic E-state index is 0.0922. The lowest BCUT2D eigenvalue weighted by molar-refractivity contribution is 0.0801. The van der Waals surface area contributed by atoms with Crippen LogP contribution in [0.15, 0.2) is 30.9 Å². The van der Waals surface area contributed by atoms with Crippen LogP contribution in [0.2, 0.25) is 0 Å². The Labute approximate surface area is 215 Å². The second kappa shape index (κ2) is 10.0. The van der Waals surface area contributed by atoms with Crippen LogP contribution < -0.4 is 5.32 Å². The third-order valence-corrected chi connectivity index (χ3v) is 7.96. The van der Waals surface area contributed by atoms with Crippen LogP contribution in [-0.2, 0) is 6.54 Å². The first-order valence-corrected chi connectivity index (χ1v) is 13.7. The minimum atomic E-state index is 0.0922. The summed E-state index contributed by atoms with van der Waals surface area (Å²) in [6.45, 7) is 7.64. The van der Waals surface area contributed by atoms with Gasteiger partial charge in [0.05, 0.1) is 38.2 Å². The number of hydrogen-bond donors (Lipinski definition) is 2. The number of imidazole rings is 1. The van der Waals surface area contributed by atoms with Crippen molar-refractivity contribution >= 4 is 56.3 Å². The molecule has 11 heteroatoms. The maximum absolute atomic E-state index is 13.3. The molecule has 2 N–H and O–H groups in total. The van der Waals surface area contributed by atoms with E-state index in [0.717, 1.165) is 57.7 Å². The second-order valence-electron chi connectivity index (χ2n) is 8.41. The molecule has 1 saturated heterocycles. The molecule has 0 saturated carbocycles. The number of nitrogens with one attached hydrogen (secondary N) is 2. The lowest BCUT2D eigenvalue weighted by Crippen LogP contribution is -2.30. The van der Waals surface area contributed by atoms with Gasteiger partial charge in [-0.3, -0.25) is 19.2 Å². The number of halogens is 1. The summed E-state index contributed by atoms with van der Waals surface area (Å²) in [5, 5.41) is 11.3. The average molecular weight is 590 g/mol. The summed E-state index contributed by atoms with van der Waals surface area (Å²) >= 11 is 3.75.